The van der Waals surface area contributed by atoms with Crippen LogP contribution in [0.1, 0.15) is 76.7 Å². The number of ether oxygens (including phenoxy) is 1. The Hall–Kier alpha value is -2.62. The fraction of sp³-hybridized carbons (Fsp3) is 0.640. The number of alkyl halides is 3. The van der Waals surface area contributed by atoms with E-state index in [-0.39, 0.29) is 6.42 Å². The molecule has 1 unspecified atom stereocenters. The van der Waals surface area contributed by atoms with Gasteiger partial charge in [-0.25, -0.2) is 9.59 Å². The molecule has 35 heavy (non-hydrogen) atoms. The maximum absolute atomic E-state index is 12.7. The van der Waals surface area contributed by atoms with E-state index in [9.17, 15) is 27.6 Å². The number of piperidine rings is 1. The molecule has 0 radical (unpaired) electrons. The van der Waals surface area contributed by atoms with Crippen LogP contribution in [0.2, 0.25) is 0 Å². The highest BCUT2D eigenvalue weighted by molar-refractivity contribution is 5.90. The van der Waals surface area contributed by atoms with Gasteiger partial charge in [0.05, 0.1) is 5.54 Å². The molecule has 1 aliphatic heterocycles. The van der Waals surface area contributed by atoms with Gasteiger partial charge in [0.15, 0.2) is 0 Å². The van der Waals surface area contributed by atoms with Crippen LogP contribution in [0.4, 0.5) is 23.7 Å². The number of benzene rings is 1. The van der Waals surface area contributed by atoms with E-state index in [0.717, 1.165) is 19.4 Å². The molecule has 1 atom stereocenters. The summed E-state index contributed by atoms with van der Waals surface area (Å²) in [5.74, 6) is -3.82. The van der Waals surface area contributed by atoms with Crippen LogP contribution >= 0.6 is 0 Å². The Kier molecular flexibility index (Phi) is 11.5. The number of hydrogen-bond donors (Lipinski definition) is 3. The van der Waals surface area contributed by atoms with E-state index in [4.69, 9.17) is 0 Å². The summed E-state index contributed by atoms with van der Waals surface area (Å²) in [5.41, 5.74) is 0.968. The lowest BCUT2D eigenvalue weighted by atomic mass is 9.85. The number of anilines is 1. The van der Waals surface area contributed by atoms with Gasteiger partial charge in [0.25, 0.3) is 0 Å². The number of nitrogens with one attached hydrogen (secondary N) is 3. The third-order valence-electron chi connectivity index (χ3n) is 6.13. The lowest BCUT2D eigenvalue weighted by molar-refractivity contribution is -0.202. The van der Waals surface area contributed by atoms with Crippen molar-refractivity contribution < 1.29 is 32.3 Å². The van der Waals surface area contributed by atoms with Gasteiger partial charge in [-0.2, -0.15) is 13.2 Å². The number of unbranched alkanes of at least 4 members (excludes halogenated alkanes) is 5. The van der Waals surface area contributed by atoms with Crippen LogP contribution in [-0.4, -0.2) is 42.8 Å². The summed E-state index contributed by atoms with van der Waals surface area (Å²) < 4.78 is 40.8. The van der Waals surface area contributed by atoms with Crippen molar-refractivity contribution in [3.63, 3.8) is 0 Å². The van der Waals surface area contributed by atoms with Crippen molar-refractivity contribution in [1.82, 2.24) is 10.6 Å². The van der Waals surface area contributed by atoms with Gasteiger partial charge in [-0.05, 0) is 56.3 Å². The molecule has 10 heteroatoms. The van der Waals surface area contributed by atoms with Crippen molar-refractivity contribution in [2.75, 3.05) is 18.4 Å². The first-order valence-corrected chi connectivity index (χ1v) is 12.3. The number of rotatable bonds is 12. The minimum atomic E-state index is -5.23. The molecule has 0 aromatic heterocycles. The molecule has 1 aromatic rings. The van der Waals surface area contributed by atoms with E-state index < -0.39 is 36.1 Å². The highest BCUT2D eigenvalue weighted by atomic mass is 19.4. The number of hydrogen-bond acceptors (Lipinski definition) is 5. The summed E-state index contributed by atoms with van der Waals surface area (Å²) in [7, 11) is 0. The van der Waals surface area contributed by atoms with Gasteiger partial charge >= 0.3 is 24.1 Å². The second-order valence-corrected chi connectivity index (χ2v) is 9.11. The van der Waals surface area contributed by atoms with Crippen molar-refractivity contribution in [3.8, 4) is 0 Å². The van der Waals surface area contributed by atoms with Crippen LogP contribution in [0.5, 0.6) is 0 Å². The average Bonchev–Trinajstić information content (AvgIpc) is 2.81. The maximum Gasteiger partial charge on any atom is 0.491 e. The van der Waals surface area contributed by atoms with Crippen molar-refractivity contribution >= 4 is 23.7 Å². The third-order valence-corrected chi connectivity index (χ3v) is 6.13. The van der Waals surface area contributed by atoms with E-state index in [2.05, 4.69) is 27.6 Å². The van der Waals surface area contributed by atoms with Crippen molar-refractivity contribution in [3.05, 3.63) is 29.8 Å². The summed E-state index contributed by atoms with van der Waals surface area (Å²) in [4.78, 5) is 35.3. The average molecular weight is 500 g/mol. The molecule has 2 rings (SSSR count). The Morgan fingerprint density at radius 1 is 1.06 bits per heavy atom. The van der Waals surface area contributed by atoms with E-state index >= 15 is 0 Å². The summed E-state index contributed by atoms with van der Waals surface area (Å²) in [6.45, 7) is 3.27. The van der Waals surface area contributed by atoms with E-state index in [1.807, 2.05) is 24.3 Å². The first kappa shape index (κ1) is 28.6. The molecule has 0 spiro atoms. The van der Waals surface area contributed by atoms with Crippen molar-refractivity contribution in [2.24, 2.45) is 0 Å². The second-order valence-electron chi connectivity index (χ2n) is 9.11. The summed E-state index contributed by atoms with van der Waals surface area (Å²) >= 11 is 0. The van der Waals surface area contributed by atoms with Crippen LogP contribution in [0, 0.1) is 0 Å². The zero-order chi connectivity index (χ0) is 25.7. The smallest absolute Gasteiger partial charge is 0.386 e. The fourth-order valence-electron chi connectivity index (χ4n) is 4.17. The quantitative estimate of drug-likeness (QED) is 0.208. The van der Waals surface area contributed by atoms with Crippen LogP contribution in [0.25, 0.3) is 0 Å². The van der Waals surface area contributed by atoms with E-state index in [1.54, 1.807) is 0 Å². The van der Waals surface area contributed by atoms with Gasteiger partial charge in [-0.15, -0.1) is 0 Å². The van der Waals surface area contributed by atoms with Gasteiger partial charge in [0, 0.05) is 18.7 Å². The SMILES string of the molecule is CCCCCCCCc1ccc(NC(=O)NC2(CCC(=O)OC(=O)C(F)(F)F)CCCNC2)cc1. The van der Waals surface area contributed by atoms with Gasteiger partial charge < -0.3 is 20.7 Å². The van der Waals surface area contributed by atoms with E-state index in [1.165, 1.54) is 37.7 Å². The monoisotopic (exact) mass is 499 g/mol. The highest BCUT2D eigenvalue weighted by Crippen LogP contribution is 2.24. The van der Waals surface area contributed by atoms with Crippen LogP contribution in [-0.2, 0) is 20.7 Å². The first-order valence-electron chi connectivity index (χ1n) is 12.3. The predicted octanol–water partition coefficient (Wildman–Crippen LogP) is 5.25. The summed E-state index contributed by atoms with van der Waals surface area (Å²) in [5, 5.41) is 8.78. The van der Waals surface area contributed by atoms with Gasteiger partial charge in [0.1, 0.15) is 0 Å². The Balaban J connectivity index is 1.83. The molecule has 0 aliphatic carbocycles. The van der Waals surface area contributed by atoms with Crippen LogP contribution < -0.4 is 16.0 Å². The van der Waals surface area contributed by atoms with Gasteiger partial charge in [-0.3, -0.25) is 4.79 Å². The summed E-state index contributed by atoms with van der Waals surface area (Å²) in [6, 6.07) is 7.15. The number of esters is 2. The van der Waals surface area contributed by atoms with Gasteiger partial charge in [-0.1, -0.05) is 51.2 Å². The molecule has 1 fully saturated rings. The zero-order valence-corrected chi connectivity index (χ0v) is 20.3. The number of halogens is 3. The third kappa shape index (κ3) is 10.7. The molecule has 7 nitrogen and oxygen atoms in total. The lowest BCUT2D eigenvalue weighted by Gasteiger charge is -2.38. The molecule has 1 heterocycles. The number of carbonyl (C=O) groups excluding carboxylic acids is 3. The molecule has 2 amide bonds. The fourth-order valence-corrected chi connectivity index (χ4v) is 4.17. The minimum absolute atomic E-state index is 0.0363. The molecule has 1 aliphatic rings. The normalized spacial score (nSPS) is 18.1. The number of aryl methyl sites for hydroxylation is 1. The zero-order valence-electron chi connectivity index (χ0n) is 20.3. The Morgan fingerprint density at radius 2 is 1.74 bits per heavy atom. The maximum atomic E-state index is 12.7. The first-order chi connectivity index (χ1) is 16.6. The topological polar surface area (TPSA) is 96.5 Å². The molecule has 196 valence electrons. The number of carbonyl (C=O) groups is 3. The second kappa shape index (κ2) is 14.1. The molecular weight excluding hydrogens is 463 g/mol. The van der Waals surface area contributed by atoms with E-state index in [0.29, 0.717) is 25.1 Å². The summed E-state index contributed by atoms with van der Waals surface area (Å²) in [6.07, 6.45) is 3.97. The molecule has 1 aromatic carbocycles. The largest absolute Gasteiger partial charge is 0.491 e. The Bertz CT molecular complexity index is 822. The molecule has 1 saturated heterocycles. The number of urea groups is 1. The predicted molar refractivity (Wildman–Crippen MR) is 127 cm³/mol. The highest BCUT2D eigenvalue weighted by Gasteiger charge is 2.43. The Morgan fingerprint density at radius 3 is 2.37 bits per heavy atom. The van der Waals surface area contributed by atoms with Crippen LogP contribution in [0.3, 0.4) is 0 Å². The van der Waals surface area contributed by atoms with Crippen LogP contribution in [0.15, 0.2) is 24.3 Å². The van der Waals surface area contributed by atoms with Gasteiger partial charge in [0.2, 0.25) is 0 Å². The molecular formula is C25H36F3N3O4. The standard InChI is InChI=1S/C25H36F3N3O4/c1-2-3-4-5-6-7-9-19-10-12-20(13-11-19)30-23(34)31-24(15-8-17-29-18-24)16-14-21(32)35-22(33)25(26,27)28/h10-13,29H,2-9,14-18H2,1H3,(H2,30,31,34). The molecule has 0 saturated carbocycles. The van der Waals surface area contributed by atoms with Crippen molar-refractivity contribution in [2.45, 2.75) is 89.3 Å². The van der Waals surface area contributed by atoms with Crippen molar-refractivity contribution in [1.29, 1.82) is 0 Å². The number of amides is 2. The molecule has 3 N–H and O–H groups in total. The Labute approximate surface area is 204 Å². The lowest BCUT2D eigenvalue weighted by Crippen LogP contribution is -2.58. The molecule has 0 bridgehead atoms. The minimum Gasteiger partial charge on any atom is -0.386 e.